The highest BCUT2D eigenvalue weighted by molar-refractivity contribution is 5.90. The van der Waals surface area contributed by atoms with Crippen LogP contribution >= 0.6 is 0 Å². The number of aromatic nitrogens is 9. The van der Waals surface area contributed by atoms with Crippen molar-refractivity contribution in [3.05, 3.63) is 480 Å². The number of fused-ring (bicyclic) bond motifs is 9. The zero-order valence-corrected chi connectivity index (χ0v) is 75.1. The molecule has 3 heterocycles. The van der Waals surface area contributed by atoms with Crippen molar-refractivity contribution in [1.29, 1.82) is 0 Å². The Hall–Kier alpha value is -17.8. The molecule has 0 unspecified atom stereocenters. The fourth-order valence-corrected chi connectivity index (χ4v) is 19.0. The van der Waals surface area contributed by atoms with Crippen LogP contribution in [0.2, 0.25) is 0 Å². The highest BCUT2D eigenvalue weighted by atomic mass is 15.1. The van der Waals surface area contributed by atoms with E-state index in [1.54, 1.807) is 0 Å². The van der Waals surface area contributed by atoms with Gasteiger partial charge in [-0.15, -0.1) is 0 Å². The molecule has 3 aliphatic rings. The molecule has 12 nitrogen and oxygen atoms in total. The van der Waals surface area contributed by atoms with E-state index in [0.29, 0.717) is 69.5 Å². The first-order valence-electron chi connectivity index (χ1n) is 45.1. The van der Waals surface area contributed by atoms with Crippen LogP contribution in [0.1, 0.15) is 74.9 Å². The van der Waals surface area contributed by atoms with Gasteiger partial charge < -0.3 is 0 Å². The second kappa shape index (κ2) is 35.3. The van der Waals surface area contributed by atoms with Crippen molar-refractivity contribution >= 4 is 17.1 Å². The molecule has 17 aromatic carbocycles. The van der Waals surface area contributed by atoms with E-state index in [2.05, 4.69) is 299 Å². The van der Waals surface area contributed by atoms with Crippen molar-refractivity contribution in [3.63, 3.8) is 0 Å². The third-order valence-corrected chi connectivity index (χ3v) is 26.3. The second-order valence-electron chi connectivity index (χ2n) is 35.7. The fraction of sp³-hybridized carbons (Fsp3) is 0.0732. The SMILES string of the molecule is [C-]#[N+]c1ccc2c(c1)-c1ccc(-c3ccc(-c4nc(-c5ccccc5)nc(-c5ccc(-c6ccccc6)cc5)n4)cc3)cc1C2(C)C.[C-]#[N+]c1ccc2c(c1)-c1ccc(-c3ccc(-c4nc(-c5ccccc5)nc(-c5cccc(-c6ccccc6)c5)n4)cc3)cc1C2(C)C.[C-]#[N+]c1ccc2c(c1)-c1ccc(-c3ccc(-c4nc(-c5ccccc5)nc(-c5ccccc5)n4)cc3)cc1C2(C)C. The quantitative estimate of drug-likeness (QED) is 0.0977. The van der Waals surface area contributed by atoms with Gasteiger partial charge in [-0.05, 0) is 165 Å². The Balaban J connectivity index is 0.000000122. The molecular weight excluding hydrogens is 1650 g/mol. The second-order valence-corrected chi connectivity index (χ2v) is 35.7. The van der Waals surface area contributed by atoms with Gasteiger partial charge in [0.05, 0.1) is 19.7 Å². The summed E-state index contributed by atoms with van der Waals surface area (Å²) in [6.07, 6.45) is 0. The van der Waals surface area contributed by atoms with Crippen LogP contribution in [-0.2, 0) is 16.2 Å². The minimum Gasteiger partial charge on any atom is -0.238 e. The smallest absolute Gasteiger partial charge is 0.187 e. The number of hydrogen-bond donors (Lipinski definition) is 0. The monoisotopic (exact) mass is 1730 g/mol. The zero-order chi connectivity index (χ0) is 91.9. The standard InChI is InChI=1S/2C43H30N4.C37H26N4/c1-43(2)38-24-22-35(44-3)27-37(38)36-23-21-33(26-39(36)43)29-17-19-31(20-18-29)41-45-40(30-13-8-5-9-14-30)46-42(47-41)34-16-10-15-32(25-34)28-11-6-4-7-12-28;1-43(2)38-25-23-35(44-3)27-37(38)36-24-22-34(26-39(36)43)30-16-20-33(21-17-30)42-46-40(31-12-8-5-9-13-31)45-41(47-42)32-18-14-29(15-19-32)28-10-6-4-7-11-28;1-37(2)32-21-19-29(38-3)23-31(32)30-20-18-28(22-33(30)37)24-14-16-27(17-15-24)36-40-34(25-10-6-4-7-11-25)39-35(41-36)26-12-8-5-9-13-26/h2*4-27H,1-2H3;4-23H,1-2H3. The molecule has 0 bridgehead atoms. The van der Waals surface area contributed by atoms with E-state index >= 15 is 0 Å². The molecule has 0 radical (unpaired) electrons. The van der Waals surface area contributed by atoms with Crippen LogP contribution in [0, 0.1) is 19.7 Å². The third kappa shape index (κ3) is 16.4. The van der Waals surface area contributed by atoms with E-state index in [-0.39, 0.29) is 16.2 Å². The molecule has 23 rings (SSSR count). The summed E-state index contributed by atoms with van der Waals surface area (Å²) in [6.45, 7) is 36.0. The van der Waals surface area contributed by atoms with E-state index < -0.39 is 0 Å². The lowest BCUT2D eigenvalue weighted by molar-refractivity contribution is 0.660. The molecule has 0 aliphatic heterocycles. The topological polar surface area (TPSA) is 129 Å². The fourth-order valence-electron chi connectivity index (χ4n) is 19.0. The first kappa shape index (κ1) is 84.1. The molecule has 0 saturated heterocycles. The summed E-state index contributed by atoms with van der Waals surface area (Å²) in [7, 11) is 0. The molecule has 0 N–H and O–H groups in total. The summed E-state index contributed by atoms with van der Waals surface area (Å²) in [5, 5.41) is 0. The molecule has 0 atom stereocenters. The van der Waals surface area contributed by atoms with Crippen molar-refractivity contribution in [2.75, 3.05) is 0 Å². The third-order valence-electron chi connectivity index (χ3n) is 26.3. The first-order valence-corrected chi connectivity index (χ1v) is 45.1. The van der Waals surface area contributed by atoms with Gasteiger partial charge in [0, 0.05) is 66.3 Å². The van der Waals surface area contributed by atoms with E-state index in [4.69, 9.17) is 64.6 Å². The molecule has 0 saturated carbocycles. The molecular formula is C123H86N12. The Kier molecular flexibility index (Phi) is 22.0. The average molecular weight is 1730 g/mol. The van der Waals surface area contributed by atoms with Gasteiger partial charge >= 0.3 is 0 Å². The van der Waals surface area contributed by atoms with E-state index in [9.17, 15) is 0 Å². The van der Waals surface area contributed by atoms with Crippen LogP contribution in [0.4, 0.5) is 17.1 Å². The van der Waals surface area contributed by atoms with Gasteiger partial charge in [0.15, 0.2) is 69.5 Å². The minimum absolute atomic E-state index is 0.131. The van der Waals surface area contributed by atoms with Crippen molar-refractivity contribution in [2.24, 2.45) is 0 Å². The molecule has 12 heteroatoms. The molecule has 0 fully saturated rings. The maximum Gasteiger partial charge on any atom is 0.187 e. The molecule has 3 aliphatic carbocycles. The highest BCUT2D eigenvalue weighted by Crippen LogP contribution is 2.55. The number of rotatable bonds is 14. The van der Waals surface area contributed by atoms with Crippen molar-refractivity contribution < 1.29 is 0 Å². The summed E-state index contributed by atoms with van der Waals surface area (Å²) in [6, 6.07) is 141. The van der Waals surface area contributed by atoms with Crippen LogP contribution in [-0.4, -0.2) is 44.9 Å². The number of hydrogen-bond acceptors (Lipinski definition) is 9. The summed E-state index contributed by atoms with van der Waals surface area (Å²) in [5.41, 5.74) is 36.3. The van der Waals surface area contributed by atoms with E-state index in [1.807, 2.05) is 170 Å². The van der Waals surface area contributed by atoms with Crippen molar-refractivity contribution in [2.45, 2.75) is 57.8 Å². The predicted octanol–water partition coefficient (Wildman–Crippen LogP) is 31.5. The summed E-state index contributed by atoms with van der Waals surface area (Å²) < 4.78 is 0. The molecule has 0 spiro atoms. The van der Waals surface area contributed by atoms with Crippen LogP contribution in [0.5, 0.6) is 0 Å². The molecule has 638 valence electrons. The minimum atomic E-state index is -0.145. The zero-order valence-electron chi connectivity index (χ0n) is 75.1. The van der Waals surface area contributed by atoms with Gasteiger partial charge in [0.2, 0.25) is 0 Å². The van der Waals surface area contributed by atoms with Crippen LogP contribution in [0.25, 0.3) is 206 Å². The van der Waals surface area contributed by atoms with Gasteiger partial charge in [-0.1, -0.05) is 412 Å². The van der Waals surface area contributed by atoms with Gasteiger partial charge in [0.1, 0.15) is 0 Å². The van der Waals surface area contributed by atoms with Gasteiger partial charge in [-0.25, -0.2) is 59.4 Å². The van der Waals surface area contributed by atoms with Gasteiger partial charge in [0.25, 0.3) is 0 Å². The molecule has 3 aromatic heterocycles. The van der Waals surface area contributed by atoms with Gasteiger partial charge in [-0.3, -0.25) is 0 Å². The Bertz CT molecular complexity index is 8030. The summed E-state index contributed by atoms with van der Waals surface area (Å²) >= 11 is 0. The maximum absolute atomic E-state index is 7.48. The van der Waals surface area contributed by atoms with Crippen LogP contribution in [0.3, 0.4) is 0 Å². The Morgan fingerprint density at radius 1 is 0.148 bits per heavy atom. The largest absolute Gasteiger partial charge is 0.238 e. The first-order chi connectivity index (χ1) is 66.0. The lowest BCUT2D eigenvalue weighted by atomic mass is 9.81. The van der Waals surface area contributed by atoms with Gasteiger partial charge in [-0.2, -0.15) is 0 Å². The number of benzene rings is 17. The summed E-state index contributed by atoms with van der Waals surface area (Å²) in [4.78, 5) is 55.2. The Morgan fingerprint density at radius 3 is 0.578 bits per heavy atom. The Morgan fingerprint density at radius 2 is 0.326 bits per heavy atom. The predicted molar refractivity (Wildman–Crippen MR) is 547 cm³/mol. The lowest BCUT2D eigenvalue weighted by Gasteiger charge is -2.22. The van der Waals surface area contributed by atoms with Crippen LogP contribution in [0.15, 0.2) is 413 Å². The molecule has 0 amide bonds. The lowest BCUT2D eigenvalue weighted by Crippen LogP contribution is -2.14. The normalized spacial score (nSPS) is 12.7. The van der Waals surface area contributed by atoms with E-state index in [0.717, 1.165) is 111 Å². The Labute approximate surface area is 786 Å². The number of nitrogens with zero attached hydrogens (tertiary/aromatic N) is 12. The highest BCUT2D eigenvalue weighted by Gasteiger charge is 2.39. The van der Waals surface area contributed by atoms with Crippen molar-refractivity contribution in [3.8, 4) is 192 Å². The van der Waals surface area contributed by atoms with Crippen molar-refractivity contribution in [1.82, 2.24) is 44.9 Å². The van der Waals surface area contributed by atoms with E-state index in [1.165, 1.54) is 61.2 Å². The maximum atomic E-state index is 7.48. The molecule has 20 aromatic rings. The molecule has 135 heavy (non-hydrogen) atoms. The summed E-state index contributed by atoms with van der Waals surface area (Å²) in [5.74, 6) is 5.77. The average Bonchev–Trinajstić information content (AvgIpc) is 1.58. The van der Waals surface area contributed by atoms with Crippen LogP contribution < -0.4 is 0 Å².